The molecule has 3 aromatic rings. The maximum atomic E-state index is 11.3. The van der Waals surface area contributed by atoms with E-state index in [-0.39, 0.29) is 0 Å². The Balaban J connectivity index is 1.87. The number of hydrogen-bond donors (Lipinski definition) is 3. The lowest BCUT2D eigenvalue weighted by atomic mass is 10.0. The summed E-state index contributed by atoms with van der Waals surface area (Å²) >= 11 is 0. The third kappa shape index (κ3) is 3.15. The molecule has 1 aromatic heterocycles. The molecule has 0 aliphatic carbocycles. The lowest BCUT2D eigenvalue weighted by Crippen LogP contribution is -2.23. The molecule has 0 atom stereocenters. The summed E-state index contributed by atoms with van der Waals surface area (Å²) in [5.74, 6) is 0. The molecule has 0 saturated heterocycles. The highest BCUT2D eigenvalue weighted by molar-refractivity contribution is 5.77. The number of aromatic nitrogens is 2. The third-order valence-electron chi connectivity index (χ3n) is 3.30. The number of para-hydroxylation sites is 1. The van der Waals surface area contributed by atoms with E-state index in [1.165, 1.54) is 6.07 Å². The van der Waals surface area contributed by atoms with Crippen LogP contribution in [0, 0.1) is 0 Å². The van der Waals surface area contributed by atoms with E-state index in [9.17, 15) is 9.59 Å². The van der Waals surface area contributed by atoms with Crippen LogP contribution in [0.15, 0.2) is 70.3 Å². The van der Waals surface area contributed by atoms with E-state index in [2.05, 4.69) is 15.3 Å². The van der Waals surface area contributed by atoms with Gasteiger partial charge < -0.3 is 10.3 Å². The fraction of sp³-hybridized carbons (Fsp3) is 0.0588. The molecule has 0 bridgehead atoms. The predicted molar refractivity (Wildman–Crippen MR) is 86.9 cm³/mol. The summed E-state index contributed by atoms with van der Waals surface area (Å²) in [5, 5.41) is 3.26. The van der Waals surface area contributed by atoms with Gasteiger partial charge in [-0.05, 0) is 11.6 Å². The van der Waals surface area contributed by atoms with Crippen molar-refractivity contribution in [1.29, 1.82) is 0 Å². The molecule has 0 spiro atoms. The monoisotopic (exact) mass is 293 g/mol. The molecule has 0 amide bonds. The molecule has 2 aromatic carbocycles. The highest BCUT2D eigenvalue weighted by Crippen LogP contribution is 2.27. The van der Waals surface area contributed by atoms with Crippen LogP contribution in [0.1, 0.15) is 5.69 Å². The minimum Gasteiger partial charge on any atom is -0.379 e. The minimum atomic E-state index is -0.499. The zero-order valence-electron chi connectivity index (χ0n) is 11.8. The number of H-pyrrole nitrogens is 2. The van der Waals surface area contributed by atoms with Gasteiger partial charge >= 0.3 is 5.69 Å². The number of rotatable bonds is 4. The van der Waals surface area contributed by atoms with Crippen molar-refractivity contribution in [3.63, 3.8) is 0 Å². The van der Waals surface area contributed by atoms with E-state index in [4.69, 9.17) is 0 Å². The lowest BCUT2D eigenvalue weighted by Gasteiger charge is -2.12. The number of aromatic amines is 2. The molecule has 0 aliphatic rings. The molecule has 110 valence electrons. The normalized spacial score (nSPS) is 10.4. The van der Waals surface area contributed by atoms with Crippen molar-refractivity contribution in [2.45, 2.75) is 6.54 Å². The maximum absolute atomic E-state index is 11.3. The zero-order valence-corrected chi connectivity index (χ0v) is 11.8. The minimum absolute atomic E-state index is 0.364. The van der Waals surface area contributed by atoms with Crippen LogP contribution in [0.3, 0.4) is 0 Å². The molecule has 0 saturated carbocycles. The van der Waals surface area contributed by atoms with Gasteiger partial charge in [-0.2, -0.15) is 0 Å². The van der Waals surface area contributed by atoms with E-state index in [1.807, 2.05) is 54.6 Å². The second-order valence-corrected chi connectivity index (χ2v) is 4.88. The lowest BCUT2D eigenvalue weighted by molar-refractivity contribution is 0.942. The van der Waals surface area contributed by atoms with Gasteiger partial charge in [-0.15, -0.1) is 0 Å². The van der Waals surface area contributed by atoms with Crippen molar-refractivity contribution >= 4 is 5.69 Å². The van der Waals surface area contributed by atoms with E-state index in [1.54, 1.807) is 0 Å². The highest BCUT2D eigenvalue weighted by Gasteiger charge is 2.04. The van der Waals surface area contributed by atoms with E-state index < -0.39 is 11.2 Å². The first-order valence-corrected chi connectivity index (χ1v) is 6.93. The zero-order chi connectivity index (χ0) is 15.4. The van der Waals surface area contributed by atoms with Crippen molar-refractivity contribution < 1.29 is 0 Å². The van der Waals surface area contributed by atoms with Crippen LogP contribution in [-0.2, 0) is 6.54 Å². The first-order valence-electron chi connectivity index (χ1n) is 6.93. The Hall–Kier alpha value is -3.08. The Kier molecular flexibility index (Phi) is 3.87. The third-order valence-corrected chi connectivity index (χ3v) is 3.30. The van der Waals surface area contributed by atoms with E-state index in [0.717, 1.165) is 16.8 Å². The number of nitrogens with one attached hydrogen (secondary N) is 3. The molecule has 0 radical (unpaired) electrons. The van der Waals surface area contributed by atoms with Crippen molar-refractivity contribution in [3.8, 4) is 11.1 Å². The summed E-state index contributed by atoms with van der Waals surface area (Å²) in [6.07, 6.45) is 0. The van der Waals surface area contributed by atoms with Gasteiger partial charge in [0.05, 0.1) is 6.54 Å². The predicted octanol–water partition coefficient (Wildman–Crippen LogP) is 2.34. The Morgan fingerprint density at radius 1 is 0.864 bits per heavy atom. The molecule has 5 heteroatoms. The molecule has 22 heavy (non-hydrogen) atoms. The Labute approximate surface area is 126 Å². The summed E-state index contributed by atoms with van der Waals surface area (Å²) < 4.78 is 0. The topological polar surface area (TPSA) is 77.8 Å². The van der Waals surface area contributed by atoms with Gasteiger partial charge in [0, 0.05) is 23.0 Å². The Morgan fingerprint density at radius 3 is 2.36 bits per heavy atom. The standard InChI is InChI=1S/C17H15N3O2/c21-16-10-13(19-17(22)20-16)11-18-15-9-5-4-8-14(15)12-6-2-1-3-7-12/h1-10,18H,11H2,(H2,19,20,21,22). The largest absolute Gasteiger partial charge is 0.379 e. The molecular weight excluding hydrogens is 278 g/mol. The average Bonchev–Trinajstić information content (AvgIpc) is 2.53. The fourth-order valence-electron chi connectivity index (χ4n) is 2.31. The first-order chi connectivity index (χ1) is 10.7. The first kappa shape index (κ1) is 13.9. The van der Waals surface area contributed by atoms with Crippen LogP contribution >= 0.6 is 0 Å². The summed E-state index contributed by atoms with van der Waals surface area (Å²) in [6.45, 7) is 0.364. The quantitative estimate of drug-likeness (QED) is 0.691. The Morgan fingerprint density at radius 2 is 1.59 bits per heavy atom. The molecule has 3 rings (SSSR count). The van der Waals surface area contributed by atoms with E-state index in [0.29, 0.717) is 12.2 Å². The summed E-state index contributed by atoms with van der Waals surface area (Å²) in [6, 6.07) is 19.3. The van der Waals surface area contributed by atoms with Gasteiger partial charge in [0.15, 0.2) is 0 Å². The molecule has 1 heterocycles. The van der Waals surface area contributed by atoms with Crippen molar-refractivity contribution in [1.82, 2.24) is 9.97 Å². The van der Waals surface area contributed by atoms with Gasteiger partial charge in [-0.1, -0.05) is 48.5 Å². The number of anilines is 1. The smallest absolute Gasteiger partial charge is 0.325 e. The van der Waals surface area contributed by atoms with Gasteiger partial charge in [-0.25, -0.2) is 4.79 Å². The molecule has 0 unspecified atom stereocenters. The summed E-state index contributed by atoms with van der Waals surface area (Å²) in [5.41, 5.74) is 2.74. The maximum Gasteiger partial charge on any atom is 0.325 e. The number of hydrogen-bond acceptors (Lipinski definition) is 3. The van der Waals surface area contributed by atoms with Crippen LogP contribution < -0.4 is 16.6 Å². The molecule has 0 aliphatic heterocycles. The van der Waals surface area contributed by atoms with Gasteiger partial charge in [0.25, 0.3) is 5.56 Å². The highest BCUT2D eigenvalue weighted by atomic mass is 16.2. The van der Waals surface area contributed by atoms with Crippen molar-refractivity contribution in [2.75, 3.05) is 5.32 Å². The van der Waals surface area contributed by atoms with E-state index >= 15 is 0 Å². The summed E-state index contributed by atoms with van der Waals surface area (Å²) in [7, 11) is 0. The van der Waals surface area contributed by atoms with Crippen LogP contribution in [0.5, 0.6) is 0 Å². The van der Waals surface area contributed by atoms with Gasteiger partial charge in [0.1, 0.15) is 0 Å². The second kappa shape index (κ2) is 6.13. The molecule has 5 nitrogen and oxygen atoms in total. The van der Waals surface area contributed by atoms with Gasteiger partial charge in [-0.3, -0.25) is 9.78 Å². The van der Waals surface area contributed by atoms with Crippen LogP contribution in [0.25, 0.3) is 11.1 Å². The van der Waals surface area contributed by atoms with Crippen LogP contribution in [0.2, 0.25) is 0 Å². The van der Waals surface area contributed by atoms with Gasteiger partial charge in [0.2, 0.25) is 0 Å². The molecule has 0 fully saturated rings. The number of benzene rings is 2. The second-order valence-electron chi connectivity index (χ2n) is 4.88. The average molecular weight is 293 g/mol. The van der Waals surface area contributed by atoms with Crippen LogP contribution in [0.4, 0.5) is 5.69 Å². The SMILES string of the molecule is O=c1cc(CNc2ccccc2-c2ccccc2)[nH]c(=O)[nH]1. The molecular formula is C17H15N3O2. The van der Waals surface area contributed by atoms with Crippen LogP contribution in [-0.4, -0.2) is 9.97 Å². The Bertz CT molecular complexity index is 854. The summed E-state index contributed by atoms with van der Waals surface area (Å²) in [4.78, 5) is 27.3. The fourth-order valence-corrected chi connectivity index (χ4v) is 2.31. The van der Waals surface area contributed by atoms with Crippen molar-refractivity contribution in [3.05, 3.63) is 87.2 Å². The van der Waals surface area contributed by atoms with Crippen molar-refractivity contribution in [2.24, 2.45) is 0 Å². The molecule has 3 N–H and O–H groups in total.